The van der Waals surface area contributed by atoms with Crippen LogP contribution >= 0.6 is 15.9 Å². The van der Waals surface area contributed by atoms with Crippen LogP contribution in [0.1, 0.15) is 18.9 Å². The highest BCUT2D eigenvalue weighted by molar-refractivity contribution is 9.10. The molecule has 0 aromatic heterocycles. The fourth-order valence-corrected chi connectivity index (χ4v) is 2.12. The molecule has 20 heavy (non-hydrogen) atoms. The fourth-order valence-electron chi connectivity index (χ4n) is 1.68. The molecule has 0 unspecified atom stereocenters. The number of nitrogens with zero attached hydrogens (tertiary/aromatic N) is 1. The van der Waals surface area contributed by atoms with Crippen molar-refractivity contribution in [2.75, 3.05) is 6.61 Å². The smallest absolute Gasteiger partial charge is 0.169 e. The zero-order valence-corrected chi connectivity index (χ0v) is 12.7. The second kappa shape index (κ2) is 6.97. The monoisotopic (exact) mass is 331 g/mol. The predicted octanol–water partition coefficient (Wildman–Crippen LogP) is 4.90. The molecule has 0 saturated heterocycles. The topological polar surface area (TPSA) is 42.2 Å². The van der Waals surface area contributed by atoms with E-state index in [4.69, 9.17) is 9.47 Å². The van der Waals surface area contributed by atoms with Crippen LogP contribution in [0, 0.1) is 11.3 Å². The van der Waals surface area contributed by atoms with E-state index in [0.29, 0.717) is 33.9 Å². The Morgan fingerprint density at radius 2 is 1.75 bits per heavy atom. The summed E-state index contributed by atoms with van der Waals surface area (Å²) in [5, 5.41) is 9.20. The van der Waals surface area contributed by atoms with Crippen molar-refractivity contribution in [2.45, 2.75) is 13.3 Å². The van der Waals surface area contributed by atoms with Gasteiger partial charge in [0.1, 0.15) is 17.4 Å². The van der Waals surface area contributed by atoms with Crippen LogP contribution in [0.15, 0.2) is 46.9 Å². The van der Waals surface area contributed by atoms with Gasteiger partial charge in [0.05, 0.1) is 6.61 Å². The summed E-state index contributed by atoms with van der Waals surface area (Å²) in [6.45, 7) is 2.68. The number of hydrogen-bond donors (Lipinski definition) is 0. The molecule has 0 fully saturated rings. The zero-order valence-electron chi connectivity index (χ0n) is 11.1. The van der Waals surface area contributed by atoms with Crippen molar-refractivity contribution in [2.24, 2.45) is 0 Å². The maximum atomic E-state index is 9.20. The van der Waals surface area contributed by atoms with E-state index < -0.39 is 0 Å². The molecular formula is C16H14BrNO2. The minimum absolute atomic E-state index is 0.470. The van der Waals surface area contributed by atoms with E-state index in [1.807, 2.05) is 43.3 Å². The molecule has 0 heterocycles. The molecular weight excluding hydrogens is 318 g/mol. The second-order valence-corrected chi connectivity index (χ2v) is 4.98. The third-order valence-corrected chi connectivity index (χ3v) is 3.28. The van der Waals surface area contributed by atoms with Crippen LogP contribution < -0.4 is 9.47 Å². The maximum Gasteiger partial charge on any atom is 0.169 e. The van der Waals surface area contributed by atoms with Crippen molar-refractivity contribution in [3.8, 4) is 23.3 Å². The summed E-state index contributed by atoms with van der Waals surface area (Å²) >= 11 is 3.35. The summed E-state index contributed by atoms with van der Waals surface area (Å²) < 4.78 is 12.2. The molecule has 0 aliphatic heterocycles. The number of nitriles is 1. The number of hydrogen-bond acceptors (Lipinski definition) is 3. The van der Waals surface area contributed by atoms with Gasteiger partial charge in [-0.25, -0.2) is 0 Å². The van der Waals surface area contributed by atoms with E-state index >= 15 is 0 Å². The number of ether oxygens (including phenoxy) is 2. The van der Waals surface area contributed by atoms with Gasteiger partial charge in [0.15, 0.2) is 11.5 Å². The van der Waals surface area contributed by atoms with E-state index in [9.17, 15) is 5.26 Å². The van der Waals surface area contributed by atoms with Gasteiger partial charge in [0.2, 0.25) is 0 Å². The SMILES string of the molecule is CCCOc1ccccc1Oc1cccc(Br)c1C#N. The fraction of sp³-hybridized carbons (Fsp3) is 0.188. The zero-order chi connectivity index (χ0) is 14.4. The van der Waals surface area contributed by atoms with Gasteiger partial charge in [0.25, 0.3) is 0 Å². The number of rotatable bonds is 5. The Morgan fingerprint density at radius 3 is 2.45 bits per heavy atom. The third-order valence-electron chi connectivity index (χ3n) is 2.62. The standard InChI is InChI=1S/C16H14BrNO2/c1-2-10-19-15-7-3-4-8-16(15)20-14-9-5-6-13(17)12(14)11-18/h3-9H,2,10H2,1H3. The van der Waals surface area contributed by atoms with Gasteiger partial charge in [-0.2, -0.15) is 5.26 Å². The molecule has 0 radical (unpaired) electrons. The summed E-state index contributed by atoms with van der Waals surface area (Å²) in [5.41, 5.74) is 0.470. The average Bonchev–Trinajstić information content (AvgIpc) is 2.47. The third kappa shape index (κ3) is 3.31. The second-order valence-electron chi connectivity index (χ2n) is 4.12. The highest BCUT2D eigenvalue weighted by Gasteiger charge is 2.11. The quantitative estimate of drug-likeness (QED) is 0.782. The van der Waals surface area contributed by atoms with Crippen molar-refractivity contribution in [1.29, 1.82) is 5.26 Å². The van der Waals surface area contributed by atoms with Crippen LogP contribution in [-0.4, -0.2) is 6.61 Å². The predicted molar refractivity (Wildman–Crippen MR) is 81.2 cm³/mol. The lowest BCUT2D eigenvalue weighted by molar-refractivity contribution is 0.302. The van der Waals surface area contributed by atoms with Gasteiger partial charge in [-0.15, -0.1) is 0 Å². The minimum Gasteiger partial charge on any atom is -0.490 e. The molecule has 0 bridgehead atoms. The molecule has 0 N–H and O–H groups in total. The highest BCUT2D eigenvalue weighted by Crippen LogP contribution is 2.34. The molecule has 0 aliphatic carbocycles. The molecule has 102 valence electrons. The average molecular weight is 332 g/mol. The Kier molecular flexibility index (Phi) is 5.03. The van der Waals surface area contributed by atoms with Gasteiger partial charge in [-0.05, 0) is 46.6 Å². The first-order chi connectivity index (χ1) is 9.76. The summed E-state index contributed by atoms with van der Waals surface area (Å²) in [5.74, 6) is 1.79. The van der Waals surface area contributed by atoms with E-state index in [0.717, 1.165) is 6.42 Å². The molecule has 2 rings (SSSR count). The summed E-state index contributed by atoms with van der Waals surface area (Å²) in [4.78, 5) is 0. The molecule has 0 spiro atoms. The molecule has 2 aromatic rings. The van der Waals surface area contributed by atoms with Crippen LogP contribution in [0.4, 0.5) is 0 Å². The first-order valence-electron chi connectivity index (χ1n) is 6.34. The van der Waals surface area contributed by atoms with Gasteiger partial charge in [-0.3, -0.25) is 0 Å². The van der Waals surface area contributed by atoms with Crippen molar-refractivity contribution < 1.29 is 9.47 Å². The lowest BCUT2D eigenvalue weighted by atomic mass is 10.2. The Labute approximate surface area is 126 Å². The molecule has 2 aromatic carbocycles. The van der Waals surface area contributed by atoms with E-state index in [2.05, 4.69) is 22.0 Å². The number of para-hydroxylation sites is 2. The highest BCUT2D eigenvalue weighted by atomic mass is 79.9. The van der Waals surface area contributed by atoms with Crippen molar-refractivity contribution in [3.05, 3.63) is 52.5 Å². The normalized spacial score (nSPS) is 9.85. The van der Waals surface area contributed by atoms with Gasteiger partial charge >= 0.3 is 0 Å². The molecule has 4 heteroatoms. The maximum absolute atomic E-state index is 9.20. The first-order valence-corrected chi connectivity index (χ1v) is 7.14. The van der Waals surface area contributed by atoms with Gasteiger partial charge < -0.3 is 9.47 Å². The van der Waals surface area contributed by atoms with Gasteiger partial charge in [0, 0.05) is 4.47 Å². The molecule has 0 saturated carbocycles. The minimum atomic E-state index is 0.470. The van der Waals surface area contributed by atoms with Gasteiger partial charge in [-0.1, -0.05) is 25.1 Å². The number of halogens is 1. The molecule has 0 amide bonds. The molecule has 0 aliphatic rings. The van der Waals surface area contributed by atoms with Crippen molar-refractivity contribution in [3.63, 3.8) is 0 Å². The largest absolute Gasteiger partial charge is 0.490 e. The lowest BCUT2D eigenvalue weighted by Crippen LogP contribution is -1.98. The molecule has 0 atom stereocenters. The van der Waals surface area contributed by atoms with Crippen LogP contribution in [0.25, 0.3) is 0 Å². The van der Waals surface area contributed by atoms with E-state index in [1.54, 1.807) is 6.07 Å². The van der Waals surface area contributed by atoms with Crippen LogP contribution in [0.3, 0.4) is 0 Å². The Morgan fingerprint density at radius 1 is 1.05 bits per heavy atom. The Hall–Kier alpha value is -1.99. The van der Waals surface area contributed by atoms with Crippen LogP contribution in [0.5, 0.6) is 17.2 Å². The summed E-state index contributed by atoms with van der Waals surface area (Å²) in [6.07, 6.45) is 0.925. The van der Waals surface area contributed by atoms with Crippen LogP contribution in [-0.2, 0) is 0 Å². The van der Waals surface area contributed by atoms with E-state index in [-0.39, 0.29) is 0 Å². The first kappa shape index (κ1) is 14.4. The van der Waals surface area contributed by atoms with E-state index in [1.165, 1.54) is 0 Å². The Balaban J connectivity index is 2.31. The van der Waals surface area contributed by atoms with Crippen molar-refractivity contribution >= 4 is 15.9 Å². The lowest BCUT2D eigenvalue weighted by Gasteiger charge is -2.13. The van der Waals surface area contributed by atoms with Crippen LogP contribution in [0.2, 0.25) is 0 Å². The molecule has 3 nitrogen and oxygen atoms in total. The summed E-state index contributed by atoms with van der Waals surface area (Å²) in [7, 11) is 0. The Bertz CT molecular complexity index is 635. The number of benzene rings is 2. The summed E-state index contributed by atoms with van der Waals surface area (Å²) in [6, 6.07) is 15.0. The van der Waals surface area contributed by atoms with Crippen molar-refractivity contribution in [1.82, 2.24) is 0 Å².